The number of hydrogen-bond donors (Lipinski definition) is 0. The molecule has 0 aliphatic rings. The molecule has 1 N–H and O–H groups in total. The summed E-state index contributed by atoms with van der Waals surface area (Å²) in [5.74, 6) is 0. The van der Waals surface area contributed by atoms with Gasteiger partial charge in [-0.15, -0.1) is 0 Å². The molecule has 0 bridgehead atoms. The molecule has 0 aliphatic heterocycles. The van der Waals surface area contributed by atoms with E-state index in [0.29, 0.717) is 0 Å². The molecule has 0 heterocycles. The molecule has 0 fully saturated rings. The second-order valence-corrected chi connectivity index (χ2v) is 0. The van der Waals surface area contributed by atoms with Gasteiger partial charge >= 0.3 is 71.3 Å². The smallest absolute Gasteiger partial charge is 2.00 e. The Kier molecular flexibility index (Phi) is 155. The van der Waals surface area contributed by atoms with E-state index in [0.717, 1.165) is 0 Å². The van der Waals surface area contributed by atoms with Crippen LogP contribution >= 0.6 is 0 Å². The molecule has 1 radical (unpaired) electrons. The topological polar surface area (TPSA) is 58.5 Å². The molecule has 0 aromatic heterocycles. The summed E-state index contributed by atoms with van der Waals surface area (Å²) in [6.07, 6.45) is 0. The van der Waals surface area contributed by atoms with Crippen molar-refractivity contribution in [2.75, 3.05) is 0 Å². The largest absolute Gasteiger partial charge is 3.00 e. The molecule has 17 valence electrons. The molecule has 0 amide bonds. The zero-order valence-corrected chi connectivity index (χ0v) is 7.50. The first-order valence-electron chi connectivity index (χ1n) is 0. The van der Waals surface area contributed by atoms with E-state index in [2.05, 4.69) is 0 Å². The molecule has 2 nitrogen and oxygen atoms in total. The SMILES string of the molecule is [Ce+3].[Na+].[O-2].[OH-]. The molecule has 0 aromatic carbocycles. The van der Waals surface area contributed by atoms with E-state index in [1.54, 1.807) is 0 Å². The van der Waals surface area contributed by atoms with E-state index in [9.17, 15) is 0 Å². The molecule has 4 heavy (non-hydrogen) atoms. The first-order valence-corrected chi connectivity index (χ1v) is 0. The van der Waals surface area contributed by atoms with Crippen LogP contribution in [0.2, 0.25) is 0 Å². The van der Waals surface area contributed by atoms with Crippen molar-refractivity contribution in [3.8, 4) is 0 Å². The Morgan fingerprint density at radius 3 is 1.00 bits per heavy atom. The maximum absolute atomic E-state index is 0. The van der Waals surface area contributed by atoms with Crippen molar-refractivity contribution in [3.63, 3.8) is 0 Å². The van der Waals surface area contributed by atoms with Gasteiger partial charge in [0, 0.05) is 0 Å². The monoisotopic (exact) mass is 196 g/mol. The summed E-state index contributed by atoms with van der Waals surface area (Å²) in [5.41, 5.74) is 0. The summed E-state index contributed by atoms with van der Waals surface area (Å²) in [4.78, 5) is 0. The van der Waals surface area contributed by atoms with E-state index in [4.69, 9.17) is 0 Å². The minimum Gasteiger partial charge on any atom is -2.00 e. The third-order valence-corrected chi connectivity index (χ3v) is 0. The van der Waals surface area contributed by atoms with Crippen molar-refractivity contribution in [1.29, 1.82) is 0 Å². The summed E-state index contributed by atoms with van der Waals surface area (Å²) in [7, 11) is 0. The standard InChI is InChI=1S/Ce.Na.H2O.O/h;;1H2;/q+3;+1;;-2/p-1. The van der Waals surface area contributed by atoms with Crippen molar-refractivity contribution < 1.29 is 82.3 Å². The number of rotatable bonds is 0. The molecule has 4 heteroatoms. The minimum absolute atomic E-state index is 0. The molecule has 0 rings (SSSR count). The van der Waals surface area contributed by atoms with Crippen LogP contribution in [0, 0.1) is 41.7 Å². The van der Waals surface area contributed by atoms with Gasteiger partial charge in [-0.1, -0.05) is 0 Å². The molecular weight excluding hydrogens is 195 g/mol. The van der Waals surface area contributed by atoms with Gasteiger partial charge in [0.25, 0.3) is 0 Å². The van der Waals surface area contributed by atoms with E-state index in [1.807, 2.05) is 0 Å². The Balaban J connectivity index is 0. The zero-order chi connectivity index (χ0) is 0. The fourth-order valence-electron chi connectivity index (χ4n) is 0. The van der Waals surface area contributed by atoms with Gasteiger partial charge in [0.2, 0.25) is 0 Å². The third-order valence-electron chi connectivity index (χ3n) is 0. The average molecular weight is 196 g/mol. The number of hydrogen-bond acceptors (Lipinski definition) is 1. The van der Waals surface area contributed by atoms with E-state index in [1.165, 1.54) is 0 Å². The molecule has 0 saturated carbocycles. The van der Waals surface area contributed by atoms with E-state index in [-0.39, 0.29) is 82.3 Å². The molecule has 0 saturated heterocycles. The van der Waals surface area contributed by atoms with Gasteiger partial charge in [-0.2, -0.15) is 0 Å². The summed E-state index contributed by atoms with van der Waals surface area (Å²) in [6, 6.07) is 0. The first kappa shape index (κ1) is 33.5. The minimum atomic E-state index is 0. The fourth-order valence-corrected chi connectivity index (χ4v) is 0. The van der Waals surface area contributed by atoms with Crippen LogP contribution in [0.3, 0.4) is 0 Å². The Bertz CT molecular complexity index is 6.00. The fraction of sp³-hybridized carbons (Fsp3) is 0. The van der Waals surface area contributed by atoms with Gasteiger partial charge in [-0.05, 0) is 0 Å². The maximum Gasteiger partial charge on any atom is 3.00 e. The third kappa shape index (κ3) is 8.85. The molecule has 0 aliphatic carbocycles. The van der Waals surface area contributed by atoms with Gasteiger partial charge in [0.05, 0.1) is 0 Å². The second kappa shape index (κ2) is 18.5. The average Bonchev–Trinajstić information content (AvgIpc) is 0. The van der Waals surface area contributed by atoms with Gasteiger partial charge in [-0.25, -0.2) is 0 Å². The van der Waals surface area contributed by atoms with Crippen molar-refractivity contribution in [2.45, 2.75) is 0 Å². The van der Waals surface area contributed by atoms with Gasteiger partial charge < -0.3 is 11.0 Å². The van der Waals surface area contributed by atoms with Crippen LogP contribution in [0.5, 0.6) is 0 Å². The van der Waals surface area contributed by atoms with Crippen molar-refractivity contribution >= 4 is 0 Å². The van der Waals surface area contributed by atoms with E-state index < -0.39 is 0 Å². The Morgan fingerprint density at radius 2 is 1.00 bits per heavy atom. The predicted molar refractivity (Wildman–Crippen MR) is 2.62 cm³/mol. The summed E-state index contributed by atoms with van der Waals surface area (Å²) in [5, 5.41) is 0. The van der Waals surface area contributed by atoms with Crippen LogP contribution in [-0.2, 0) is 5.48 Å². The van der Waals surface area contributed by atoms with Gasteiger partial charge in [0.1, 0.15) is 0 Å². The predicted octanol–water partition coefficient (Wildman–Crippen LogP) is -3.29. The van der Waals surface area contributed by atoms with Gasteiger partial charge in [-0.3, -0.25) is 0 Å². The summed E-state index contributed by atoms with van der Waals surface area (Å²) in [6.45, 7) is 0. The molecule has 0 atom stereocenters. The van der Waals surface area contributed by atoms with Crippen LogP contribution in [0.15, 0.2) is 0 Å². The normalized spacial score (nSPS) is 0. The molecule has 0 aromatic rings. The van der Waals surface area contributed by atoms with Crippen LogP contribution < -0.4 is 29.6 Å². The quantitative estimate of drug-likeness (QED) is 0.374. The molecular formula is HCeNaO2+. The van der Waals surface area contributed by atoms with Gasteiger partial charge in [0.15, 0.2) is 0 Å². The van der Waals surface area contributed by atoms with Crippen LogP contribution in [0.25, 0.3) is 0 Å². The summed E-state index contributed by atoms with van der Waals surface area (Å²) >= 11 is 0. The van der Waals surface area contributed by atoms with Crippen molar-refractivity contribution in [1.82, 2.24) is 0 Å². The zero-order valence-electron chi connectivity index (χ0n) is 2.36. The van der Waals surface area contributed by atoms with Crippen LogP contribution in [-0.4, -0.2) is 5.48 Å². The Hall–Kier alpha value is 2.30. The van der Waals surface area contributed by atoms with Crippen LogP contribution in [0.4, 0.5) is 0 Å². The van der Waals surface area contributed by atoms with Crippen LogP contribution in [0.1, 0.15) is 0 Å². The Morgan fingerprint density at radius 1 is 1.00 bits per heavy atom. The second-order valence-electron chi connectivity index (χ2n) is 0. The van der Waals surface area contributed by atoms with E-state index >= 15 is 0 Å². The molecule has 0 spiro atoms. The van der Waals surface area contributed by atoms with Crippen molar-refractivity contribution in [2.24, 2.45) is 0 Å². The summed E-state index contributed by atoms with van der Waals surface area (Å²) < 4.78 is 0. The Labute approximate surface area is 80.6 Å². The van der Waals surface area contributed by atoms with Crippen molar-refractivity contribution in [3.05, 3.63) is 0 Å². The maximum atomic E-state index is 0. The molecule has 0 unspecified atom stereocenters. The first-order chi connectivity index (χ1) is 0.